The number of hydrogen-bond acceptors (Lipinski definition) is 5. The van der Waals surface area contributed by atoms with Crippen LogP contribution in [0.3, 0.4) is 0 Å². The van der Waals surface area contributed by atoms with Crippen LogP contribution in [0.5, 0.6) is 0 Å². The maximum atomic E-state index is 11.9. The number of aryl methyl sites for hydroxylation is 1. The number of esters is 1. The van der Waals surface area contributed by atoms with Crippen LogP contribution in [0.2, 0.25) is 5.02 Å². The van der Waals surface area contributed by atoms with E-state index in [2.05, 4.69) is 10.2 Å². The van der Waals surface area contributed by atoms with Gasteiger partial charge >= 0.3 is 5.97 Å². The molecule has 0 aliphatic rings. The number of aromatic nitrogens is 3. The molecule has 0 radical (unpaired) electrons. The van der Waals surface area contributed by atoms with Crippen LogP contribution in [0.25, 0.3) is 0 Å². The Labute approximate surface area is 115 Å². The fourth-order valence-corrected chi connectivity index (χ4v) is 1.68. The third-order valence-corrected chi connectivity index (χ3v) is 2.98. The van der Waals surface area contributed by atoms with E-state index in [0.29, 0.717) is 10.8 Å². The zero-order valence-electron chi connectivity index (χ0n) is 10.6. The predicted octanol–water partition coefficient (Wildman–Crippen LogP) is 1.72. The van der Waals surface area contributed by atoms with Crippen LogP contribution in [-0.4, -0.2) is 20.7 Å². The van der Waals surface area contributed by atoms with Crippen molar-refractivity contribution in [2.24, 2.45) is 7.05 Å². The van der Waals surface area contributed by atoms with E-state index in [0.717, 1.165) is 5.82 Å². The van der Waals surface area contributed by atoms with Gasteiger partial charge in [0.2, 0.25) is 0 Å². The maximum absolute atomic E-state index is 11.9. The molecule has 100 valence electrons. The van der Waals surface area contributed by atoms with E-state index in [4.69, 9.17) is 22.1 Å². The van der Waals surface area contributed by atoms with Crippen LogP contribution >= 0.6 is 11.6 Å². The summed E-state index contributed by atoms with van der Waals surface area (Å²) in [7, 11) is 1.80. The Morgan fingerprint density at radius 3 is 2.79 bits per heavy atom. The van der Waals surface area contributed by atoms with Crippen LogP contribution in [0.1, 0.15) is 22.0 Å². The Hall–Kier alpha value is -2.08. The second-order valence-corrected chi connectivity index (χ2v) is 4.47. The van der Waals surface area contributed by atoms with Crippen molar-refractivity contribution in [1.29, 1.82) is 0 Å². The number of nitrogen functional groups attached to an aromatic ring is 1. The second kappa shape index (κ2) is 5.27. The lowest BCUT2D eigenvalue weighted by Gasteiger charge is -2.07. The molecule has 2 rings (SSSR count). The number of nitrogens with two attached hydrogens (primary N) is 1. The average molecular weight is 281 g/mol. The highest BCUT2D eigenvalue weighted by molar-refractivity contribution is 6.31. The van der Waals surface area contributed by atoms with Gasteiger partial charge in [-0.2, -0.15) is 0 Å². The minimum Gasteiger partial charge on any atom is -0.454 e. The van der Waals surface area contributed by atoms with Crippen molar-refractivity contribution in [3.05, 3.63) is 40.4 Å². The Morgan fingerprint density at radius 2 is 2.21 bits per heavy atom. The summed E-state index contributed by atoms with van der Waals surface area (Å²) in [5.41, 5.74) is 6.27. The van der Waals surface area contributed by atoms with Crippen LogP contribution in [-0.2, 0) is 18.4 Å². The number of carbonyl (C=O) groups is 1. The maximum Gasteiger partial charge on any atom is 0.340 e. The van der Waals surface area contributed by atoms with E-state index in [1.54, 1.807) is 17.7 Å². The highest BCUT2D eigenvalue weighted by Gasteiger charge is 2.13. The van der Waals surface area contributed by atoms with Crippen molar-refractivity contribution in [2.45, 2.75) is 13.5 Å². The lowest BCUT2D eigenvalue weighted by molar-refractivity contribution is 0.0460. The number of rotatable bonds is 3. The number of ether oxygens (including phenoxy) is 1. The third-order valence-electron chi connectivity index (χ3n) is 2.75. The topological polar surface area (TPSA) is 83.0 Å². The van der Waals surface area contributed by atoms with Crippen molar-refractivity contribution < 1.29 is 9.53 Å². The summed E-state index contributed by atoms with van der Waals surface area (Å²) in [6.45, 7) is 1.85. The van der Waals surface area contributed by atoms with E-state index in [1.165, 1.54) is 12.1 Å². The molecule has 0 unspecified atom stereocenters. The molecule has 0 saturated carbocycles. The summed E-state index contributed by atoms with van der Waals surface area (Å²) >= 11 is 5.76. The first-order valence-electron chi connectivity index (χ1n) is 5.56. The average Bonchev–Trinajstić information content (AvgIpc) is 2.67. The number of halogens is 1. The van der Waals surface area contributed by atoms with Crippen LogP contribution in [0.4, 0.5) is 5.69 Å². The highest BCUT2D eigenvalue weighted by Crippen LogP contribution is 2.19. The number of hydrogen-bond donors (Lipinski definition) is 1. The minimum atomic E-state index is -0.519. The molecule has 2 aromatic rings. The van der Waals surface area contributed by atoms with Gasteiger partial charge in [-0.3, -0.25) is 0 Å². The number of carbonyl (C=O) groups excluding carboxylic acids is 1. The standard InChI is InChI=1S/C12H13ClN4O2/c1-7-15-16-11(17(7)2)6-19-12(18)9-4-3-8(13)5-10(9)14/h3-5H,6,14H2,1-2H3. The number of anilines is 1. The molecule has 7 heteroatoms. The van der Waals surface area contributed by atoms with Crippen molar-refractivity contribution in [3.8, 4) is 0 Å². The van der Waals surface area contributed by atoms with E-state index in [1.807, 2.05) is 6.92 Å². The van der Waals surface area contributed by atoms with E-state index >= 15 is 0 Å². The molecule has 0 spiro atoms. The molecule has 0 amide bonds. The van der Waals surface area contributed by atoms with Gasteiger partial charge in [-0.1, -0.05) is 11.6 Å². The monoisotopic (exact) mass is 280 g/mol. The molecule has 1 aromatic carbocycles. The summed E-state index contributed by atoms with van der Waals surface area (Å²) in [6, 6.07) is 4.62. The van der Waals surface area contributed by atoms with Gasteiger partial charge in [0.1, 0.15) is 5.82 Å². The minimum absolute atomic E-state index is 0.0399. The fourth-order valence-electron chi connectivity index (χ4n) is 1.50. The Morgan fingerprint density at radius 1 is 1.47 bits per heavy atom. The van der Waals surface area contributed by atoms with Gasteiger partial charge in [-0.25, -0.2) is 4.79 Å². The molecule has 0 fully saturated rings. The molecule has 0 atom stereocenters. The number of benzene rings is 1. The first kappa shape index (κ1) is 13.4. The molecular formula is C12H13ClN4O2. The van der Waals surface area contributed by atoms with Crippen molar-refractivity contribution in [3.63, 3.8) is 0 Å². The highest BCUT2D eigenvalue weighted by atomic mass is 35.5. The molecule has 0 bridgehead atoms. The smallest absolute Gasteiger partial charge is 0.340 e. The summed E-state index contributed by atoms with van der Waals surface area (Å²) in [5, 5.41) is 8.25. The SMILES string of the molecule is Cc1nnc(COC(=O)c2ccc(Cl)cc2N)n1C. The third kappa shape index (κ3) is 2.85. The Kier molecular flexibility index (Phi) is 3.71. The largest absolute Gasteiger partial charge is 0.454 e. The van der Waals surface area contributed by atoms with Gasteiger partial charge in [0.25, 0.3) is 0 Å². The van der Waals surface area contributed by atoms with Gasteiger partial charge in [-0.05, 0) is 25.1 Å². The normalized spacial score (nSPS) is 10.5. The lowest BCUT2D eigenvalue weighted by Crippen LogP contribution is -2.10. The molecule has 19 heavy (non-hydrogen) atoms. The van der Waals surface area contributed by atoms with Crippen LogP contribution < -0.4 is 5.73 Å². The van der Waals surface area contributed by atoms with Crippen molar-refractivity contribution in [2.75, 3.05) is 5.73 Å². The Bertz CT molecular complexity index is 624. The van der Waals surface area contributed by atoms with Gasteiger partial charge in [0, 0.05) is 17.8 Å². The molecule has 0 saturated heterocycles. The fraction of sp³-hybridized carbons (Fsp3) is 0.250. The van der Waals surface area contributed by atoms with Gasteiger partial charge in [0.05, 0.1) is 5.56 Å². The summed E-state index contributed by atoms with van der Waals surface area (Å²) in [6.07, 6.45) is 0. The zero-order valence-corrected chi connectivity index (χ0v) is 11.3. The molecular weight excluding hydrogens is 268 g/mol. The van der Waals surface area contributed by atoms with Gasteiger partial charge in [-0.15, -0.1) is 10.2 Å². The van der Waals surface area contributed by atoms with Crippen molar-refractivity contribution >= 4 is 23.3 Å². The van der Waals surface area contributed by atoms with E-state index in [-0.39, 0.29) is 17.9 Å². The quantitative estimate of drug-likeness (QED) is 0.684. The molecule has 0 aliphatic carbocycles. The molecule has 2 N–H and O–H groups in total. The van der Waals surface area contributed by atoms with Gasteiger partial charge < -0.3 is 15.0 Å². The van der Waals surface area contributed by atoms with Gasteiger partial charge in [0.15, 0.2) is 12.4 Å². The lowest BCUT2D eigenvalue weighted by atomic mass is 10.2. The molecule has 1 heterocycles. The van der Waals surface area contributed by atoms with Crippen LogP contribution in [0.15, 0.2) is 18.2 Å². The van der Waals surface area contributed by atoms with Crippen LogP contribution in [0, 0.1) is 6.92 Å². The van der Waals surface area contributed by atoms with E-state index < -0.39 is 5.97 Å². The number of nitrogens with zero attached hydrogens (tertiary/aromatic N) is 3. The molecule has 6 nitrogen and oxygen atoms in total. The molecule has 0 aliphatic heterocycles. The first-order chi connectivity index (χ1) is 8.99. The summed E-state index contributed by atoms with van der Waals surface area (Å²) < 4.78 is 6.89. The summed E-state index contributed by atoms with van der Waals surface area (Å²) in [4.78, 5) is 11.9. The molecule has 1 aromatic heterocycles. The van der Waals surface area contributed by atoms with Crippen molar-refractivity contribution in [1.82, 2.24) is 14.8 Å². The van der Waals surface area contributed by atoms with E-state index in [9.17, 15) is 4.79 Å². The predicted molar refractivity (Wildman–Crippen MR) is 70.7 cm³/mol. The second-order valence-electron chi connectivity index (χ2n) is 4.03. The zero-order chi connectivity index (χ0) is 14.0. The summed E-state index contributed by atoms with van der Waals surface area (Å²) in [5.74, 6) is 0.797. The Balaban J connectivity index is 2.07. The first-order valence-corrected chi connectivity index (χ1v) is 5.94.